The number of rotatable bonds is 3. The van der Waals surface area contributed by atoms with Crippen molar-refractivity contribution >= 4 is 5.91 Å². The van der Waals surface area contributed by atoms with Gasteiger partial charge < -0.3 is 9.64 Å². The lowest BCUT2D eigenvalue weighted by molar-refractivity contribution is 0.0762. The standard InChI is InChI=1S/C18H18FN3O2/c19-14-2-1-3-15(8-14)24-17-5-4-13-10-22(11-16(13)17)18(23)12-6-7-20-21-9-12/h1-3,6-9,13,16-17H,4-5,10-11H2/t13-,16+,17-/m0/s1. The molecule has 6 heteroatoms. The Morgan fingerprint density at radius 2 is 2.12 bits per heavy atom. The predicted molar refractivity (Wildman–Crippen MR) is 85.0 cm³/mol. The molecule has 0 N–H and O–H groups in total. The van der Waals surface area contributed by atoms with E-state index >= 15 is 0 Å². The zero-order valence-corrected chi connectivity index (χ0v) is 13.1. The number of aromatic nitrogens is 2. The quantitative estimate of drug-likeness (QED) is 0.869. The van der Waals surface area contributed by atoms with Gasteiger partial charge in [-0.2, -0.15) is 10.2 Å². The van der Waals surface area contributed by atoms with Gasteiger partial charge in [-0.1, -0.05) is 6.07 Å². The van der Waals surface area contributed by atoms with Crippen LogP contribution in [0.1, 0.15) is 23.2 Å². The van der Waals surface area contributed by atoms with Gasteiger partial charge in [0.05, 0.1) is 18.0 Å². The fourth-order valence-corrected chi connectivity index (χ4v) is 3.84. The molecule has 2 aromatic rings. The number of benzene rings is 1. The highest BCUT2D eigenvalue weighted by atomic mass is 19.1. The number of carbonyl (C=O) groups is 1. The van der Waals surface area contributed by atoms with Crippen molar-refractivity contribution in [3.8, 4) is 5.75 Å². The summed E-state index contributed by atoms with van der Waals surface area (Å²) in [6, 6.07) is 7.93. The SMILES string of the molecule is O=C(c1ccnnc1)N1C[C@@H]2CC[C@H](Oc3cccc(F)c3)[C@@H]2C1. The summed E-state index contributed by atoms with van der Waals surface area (Å²) in [5, 5.41) is 7.48. The first-order chi connectivity index (χ1) is 11.7. The Morgan fingerprint density at radius 1 is 1.21 bits per heavy atom. The third kappa shape index (κ3) is 2.84. The summed E-state index contributed by atoms with van der Waals surface area (Å²) in [5.41, 5.74) is 0.563. The van der Waals surface area contributed by atoms with Crippen molar-refractivity contribution in [2.24, 2.45) is 11.8 Å². The molecule has 24 heavy (non-hydrogen) atoms. The van der Waals surface area contributed by atoms with Crippen LogP contribution in [0.5, 0.6) is 5.75 Å². The van der Waals surface area contributed by atoms with E-state index < -0.39 is 0 Å². The van der Waals surface area contributed by atoms with E-state index in [1.807, 2.05) is 4.90 Å². The maximum absolute atomic E-state index is 13.3. The van der Waals surface area contributed by atoms with E-state index in [0.717, 1.165) is 19.4 Å². The first-order valence-electron chi connectivity index (χ1n) is 8.19. The first-order valence-corrected chi connectivity index (χ1v) is 8.19. The second-order valence-electron chi connectivity index (χ2n) is 6.46. The Bertz CT molecular complexity index is 740. The number of amides is 1. The average Bonchev–Trinajstić information content (AvgIpc) is 3.17. The van der Waals surface area contributed by atoms with Gasteiger partial charge in [0.15, 0.2) is 0 Å². The van der Waals surface area contributed by atoms with Crippen molar-refractivity contribution < 1.29 is 13.9 Å². The van der Waals surface area contributed by atoms with Gasteiger partial charge in [-0.05, 0) is 37.0 Å². The molecule has 1 aliphatic carbocycles. The molecular formula is C18H18FN3O2. The highest BCUT2D eigenvalue weighted by Crippen LogP contribution is 2.40. The fourth-order valence-electron chi connectivity index (χ4n) is 3.84. The minimum Gasteiger partial charge on any atom is -0.490 e. The number of ether oxygens (including phenoxy) is 1. The van der Waals surface area contributed by atoms with Crippen LogP contribution in [-0.2, 0) is 0 Å². The molecule has 2 aliphatic rings. The maximum Gasteiger partial charge on any atom is 0.255 e. The van der Waals surface area contributed by atoms with E-state index in [1.54, 1.807) is 18.2 Å². The zero-order valence-electron chi connectivity index (χ0n) is 13.1. The Labute approximate surface area is 139 Å². The van der Waals surface area contributed by atoms with Gasteiger partial charge in [0, 0.05) is 25.1 Å². The number of hydrogen-bond donors (Lipinski definition) is 0. The van der Waals surface area contributed by atoms with Gasteiger partial charge in [-0.15, -0.1) is 0 Å². The van der Waals surface area contributed by atoms with Crippen LogP contribution >= 0.6 is 0 Å². The summed E-state index contributed by atoms with van der Waals surface area (Å²) in [6.45, 7) is 1.42. The van der Waals surface area contributed by atoms with Crippen LogP contribution < -0.4 is 4.74 Å². The number of halogens is 1. The van der Waals surface area contributed by atoms with Crippen molar-refractivity contribution in [3.63, 3.8) is 0 Å². The van der Waals surface area contributed by atoms with Crippen molar-refractivity contribution in [3.05, 3.63) is 54.1 Å². The van der Waals surface area contributed by atoms with Gasteiger partial charge in [-0.25, -0.2) is 4.39 Å². The first kappa shape index (κ1) is 15.1. The van der Waals surface area contributed by atoms with Crippen LogP contribution in [0.25, 0.3) is 0 Å². The molecule has 1 amide bonds. The zero-order chi connectivity index (χ0) is 16.5. The molecule has 0 radical (unpaired) electrons. The van der Waals surface area contributed by atoms with Gasteiger partial charge in [-0.3, -0.25) is 4.79 Å². The molecule has 4 rings (SSSR count). The molecule has 0 unspecified atom stereocenters. The number of likely N-dealkylation sites (tertiary alicyclic amines) is 1. The van der Waals surface area contributed by atoms with Crippen molar-refractivity contribution in [1.82, 2.24) is 15.1 Å². The Kier molecular flexibility index (Phi) is 3.88. The van der Waals surface area contributed by atoms with Crippen molar-refractivity contribution in [1.29, 1.82) is 0 Å². The van der Waals surface area contributed by atoms with Crippen LogP contribution in [-0.4, -0.2) is 40.2 Å². The van der Waals surface area contributed by atoms with E-state index in [2.05, 4.69) is 10.2 Å². The van der Waals surface area contributed by atoms with Gasteiger partial charge in [0.2, 0.25) is 0 Å². The number of fused-ring (bicyclic) bond motifs is 1. The lowest BCUT2D eigenvalue weighted by Crippen LogP contribution is -2.32. The highest BCUT2D eigenvalue weighted by molar-refractivity contribution is 5.94. The lowest BCUT2D eigenvalue weighted by Gasteiger charge is -2.22. The molecule has 1 saturated carbocycles. The molecule has 5 nitrogen and oxygen atoms in total. The molecule has 2 fully saturated rings. The number of hydrogen-bond acceptors (Lipinski definition) is 4. The predicted octanol–water partition coefficient (Wildman–Crippen LogP) is 2.55. The molecule has 1 aliphatic heterocycles. The maximum atomic E-state index is 13.3. The largest absolute Gasteiger partial charge is 0.490 e. The molecule has 0 spiro atoms. The van der Waals surface area contributed by atoms with Crippen LogP contribution in [0.15, 0.2) is 42.7 Å². The smallest absolute Gasteiger partial charge is 0.255 e. The van der Waals surface area contributed by atoms with Crippen molar-refractivity contribution in [2.45, 2.75) is 18.9 Å². The van der Waals surface area contributed by atoms with Crippen LogP contribution in [0.4, 0.5) is 4.39 Å². The van der Waals surface area contributed by atoms with E-state index in [1.165, 1.54) is 24.5 Å². The molecule has 2 heterocycles. The summed E-state index contributed by atoms with van der Waals surface area (Å²) in [7, 11) is 0. The molecular weight excluding hydrogens is 309 g/mol. The number of nitrogens with zero attached hydrogens (tertiary/aromatic N) is 3. The third-order valence-electron chi connectivity index (χ3n) is 4.99. The molecule has 124 valence electrons. The molecule has 1 aromatic carbocycles. The Morgan fingerprint density at radius 3 is 2.92 bits per heavy atom. The van der Waals surface area contributed by atoms with Crippen LogP contribution in [0, 0.1) is 17.7 Å². The monoisotopic (exact) mass is 327 g/mol. The van der Waals surface area contributed by atoms with E-state index in [9.17, 15) is 9.18 Å². The highest BCUT2D eigenvalue weighted by Gasteiger charge is 2.45. The molecule has 3 atom stereocenters. The van der Waals surface area contributed by atoms with Gasteiger partial charge in [0.1, 0.15) is 17.7 Å². The van der Waals surface area contributed by atoms with E-state index in [-0.39, 0.29) is 17.8 Å². The normalized spacial score (nSPS) is 25.5. The third-order valence-corrected chi connectivity index (χ3v) is 4.99. The van der Waals surface area contributed by atoms with E-state index in [4.69, 9.17) is 4.74 Å². The minimum absolute atomic E-state index is 0.0104. The van der Waals surface area contributed by atoms with Crippen LogP contribution in [0.3, 0.4) is 0 Å². The minimum atomic E-state index is -0.296. The Hall–Kier alpha value is -2.50. The van der Waals surface area contributed by atoms with Gasteiger partial charge in [0.25, 0.3) is 5.91 Å². The second-order valence-corrected chi connectivity index (χ2v) is 6.46. The summed E-state index contributed by atoms with van der Waals surface area (Å²) in [4.78, 5) is 14.4. The summed E-state index contributed by atoms with van der Waals surface area (Å²) in [5.74, 6) is 0.998. The summed E-state index contributed by atoms with van der Waals surface area (Å²) in [6.07, 6.45) is 5.04. The van der Waals surface area contributed by atoms with Crippen molar-refractivity contribution in [2.75, 3.05) is 13.1 Å². The van der Waals surface area contributed by atoms with Gasteiger partial charge >= 0.3 is 0 Å². The lowest BCUT2D eigenvalue weighted by atomic mass is 9.99. The van der Waals surface area contributed by atoms with E-state index in [0.29, 0.717) is 29.7 Å². The molecule has 1 aromatic heterocycles. The average molecular weight is 327 g/mol. The Balaban J connectivity index is 1.44. The molecule has 0 bridgehead atoms. The topological polar surface area (TPSA) is 55.3 Å². The molecule has 1 saturated heterocycles. The second kappa shape index (κ2) is 6.19. The van der Waals surface area contributed by atoms with Crippen LogP contribution in [0.2, 0.25) is 0 Å². The summed E-state index contributed by atoms with van der Waals surface area (Å²) >= 11 is 0. The summed E-state index contributed by atoms with van der Waals surface area (Å²) < 4.78 is 19.3. The fraction of sp³-hybridized carbons (Fsp3) is 0.389. The number of carbonyl (C=O) groups excluding carboxylic acids is 1.